The number of aryl methyl sites for hydroxylation is 2. The Balaban J connectivity index is 1.53. The summed E-state index contributed by atoms with van der Waals surface area (Å²) in [6, 6.07) is 17.8. The minimum atomic E-state index is -0.900. The van der Waals surface area contributed by atoms with E-state index in [0.29, 0.717) is 36.8 Å². The second-order valence-corrected chi connectivity index (χ2v) is 10.2. The van der Waals surface area contributed by atoms with Gasteiger partial charge in [0.2, 0.25) is 0 Å². The summed E-state index contributed by atoms with van der Waals surface area (Å²) in [6.45, 7) is 3.84. The standard InChI is InChI=1S/C27H29NO4S/c1-16-23(25(29)20-10-8-19(9-11-20)18-6-4-3-5-7-18)24(17(2)33-16)26(30)28-22-14-12-21(13-15-22)27(31)32/h3-11,21-22,25,29H,12-15H2,1-2H3,(H,28,30)(H,31,32). The van der Waals surface area contributed by atoms with Crippen molar-refractivity contribution in [1.29, 1.82) is 0 Å². The molecule has 0 bridgehead atoms. The molecule has 3 aromatic rings. The topological polar surface area (TPSA) is 86.6 Å². The number of amides is 1. The van der Waals surface area contributed by atoms with Crippen molar-refractivity contribution in [1.82, 2.24) is 5.32 Å². The van der Waals surface area contributed by atoms with Gasteiger partial charge < -0.3 is 15.5 Å². The van der Waals surface area contributed by atoms with Crippen LogP contribution in [0.5, 0.6) is 0 Å². The minimum Gasteiger partial charge on any atom is -0.481 e. The lowest BCUT2D eigenvalue weighted by atomic mass is 9.86. The molecule has 6 heteroatoms. The van der Waals surface area contributed by atoms with E-state index in [9.17, 15) is 19.8 Å². The van der Waals surface area contributed by atoms with Crippen molar-refractivity contribution in [3.8, 4) is 11.1 Å². The van der Waals surface area contributed by atoms with Crippen molar-refractivity contribution < 1.29 is 19.8 Å². The first-order chi connectivity index (χ1) is 15.8. The van der Waals surface area contributed by atoms with Gasteiger partial charge in [-0.05, 0) is 56.2 Å². The van der Waals surface area contributed by atoms with Crippen LogP contribution in [0.4, 0.5) is 0 Å². The van der Waals surface area contributed by atoms with E-state index in [4.69, 9.17) is 0 Å². The first-order valence-corrected chi connectivity index (χ1v) is 12.1. The average Bonchev–Trinajstić information content (AvgIpc) is 3.13. The van der Waals surface area contributed by atoms with E-state index in [-0.39, 0.29) is 17.9 Å². The third-order valence-electron chi connectivity index (χ3n) is 6.55. The molecule has 1 aromatic heterocycles. The third-order valence-corrected chi connectivity index (χ3v) is 7.59. The monoisotopic (exact) mass is 463 g/mol. The number of aliphatic carboxylic acids is 1. The van der Waals surface area contributed by atoms with Crippen molar-refractivity contribution in [3.63, 3.8) is 0 Å². The summed E-state index contributed by atoms with van der Waals surface area (Å²) in [7, 11) is 0. The Morgan fingerprint density at radius 1 is 0.909 bits per heavy atom. The average molecular weight is 464 g/mol. The van der Waals surface area contributed by atoms with Gasteiger partial charge in [-0.25, -0.2) is 0 Å². The highest BCUT2D eigenvalue weighted by Crippen LogP contribution is 2.36. The normalized spacial score (nSPS) is 19.1. The highest BCUT2D eigenvalue weighted by atomic mass is 32.1. The van der Waals surface area contributed by atoms with Crippen LogP contribution < -0.4 is 5.32 Å². The van der Waals surface area contributed by atoms with Gasteiger partial charge in [0.25, 0.3) is 5.91 Å². The second-order valence-electron chi connectivity index (χ2n) is 8.75. The largest absolute Gasteiger partial charge is 0.481 e. The van der Waals surface area contributed by atoms with E-state index in [1.54, 1.807) is 0 Å². The first kappa shape index (κ1) is 23.2. The highest BCUT2D eigenvalue weighted by Gasteiger charge is 2.30. The predicted molar refractivity (Wildman–Crippen MR) is 131 cm³/mol. The van der Waals surface area contributed by atoms with Gasteiger partial charge in [0.15, 0.2) is 0 Å². The summed E-state index contributed by atoms with van der Waals surface area (Å²) in [5.41, 5.74) is 4.12. The summed E-state index contributed by atoms with van der Waals surface area (Å²) in [6.07, 6.45) is 1.56. The summed E-state index contributed by atoms with van der Waals surface area (Å²) in [5.74, 6) is -1.27. The van der Waals surface area contributed by atoms with Crippen molar-refractivity contribution in [2.75, 3.05) is 0 Å². The fraction of sp³-hybridized carbons (Fsp3) is 0.333. The molecule has 0 radical (unpaired) electrons. The molecule has 1 fully saturated rings. The lowest BCUT2D eigenvalue weighted by Gasteiger charge is -2.27. The van der Waals surface area contributed by atoms with Gasteiger partial charge in [0.05, 0.1) is 11.5 Å². The number of rotatable bonds is 6. The van der Waals surface area contributed by atoms with Crippen LogP contribution in [0, 0.1) is 19.8 Å². The van der Waals surface area contributed by atoms with E-state index >= 15 is 0 Å². The number of thiophene rings is 1. The van der Waals surface area contributed by atoms with Crippen LogP contribution >= 0.6 is 11.3 Å². The van der Waals surface area contributed by atoms with Gasteiger partial charge in [-0.15, -0.1) is 11.3 Å². The van der Waals surface area contributed by atoms with Gasteiger partial charge in [-0.3, -0.25) is 9.59 Å². The van der Waals surface area contributed by atoms with Gasteiger partial charge in [-0.2, -0.15) is 0 Å². The van der Waals surface area contributed by atoms with Crippen LogP contribution in [0.25, 0.3) is 11.1 Å². The van der Waals surface area contributed by atoms with Crippen molar-refractivity contribution >= 4 is 23.2 Å². The van der Waals surface area contributed by atoms with Crippen molar-refractivity contribution in [3.05, 3.63) is 81.0 Å². The number of hydrogen-bond acceptors (Lipinski definition) is 4. The van der Waals surface area contributed by atoms with Crippen molar-refractivity contribution in [2.24, 2.45) is 5.92 Å². The quantitative estimate of drug-likeness (QED) is 0.451. The van der Waals surface area contributed by atoms with Gasteiger partial charge in [0.1, 0.15) is 6.10 Å². The van der Waals surface area contributed by atoms with Gasteiger partial charge >= 0.3 is 5.97 Å². The van der Waals surface area contributed by atoms with Gasteiger partial charge in [-0.1, -0.05) is 54.6 Å². The number of nitrogens with one attached hydrogen (secondary N) is 1. The number of aliphatic hydroxyl groups is 1. The Morgan fingerprint density at radius 3 is 2.12 bits per heavy atom. The maximum Gasteiger partial charge on any atom is 0.306 e. The number of carboxylic acids is 1. The summed E-state index contributed by atoms with van der Waals surface area (Å²) < 4.78 is 0. The molecule has 5 nitrogen and oxygen atoms in total. The van der Waals surface area contributed by atoms with E-state index in [0.717, 1.165) is 26.4 Å². The van der Waals surface area contributed by atoms with E-state index < -0.39 is 12.1 Å². The zero-order valence-corrected chi connectivity index (χ0v) is 19.7. The molecule has 1 amide bonds. The van der Waals surface area contributed by atoms with Gasteiger partial charge in [0, 0.05) is 21.4 Å². The summed E-state index contributed by atoms with van der Waals surface area (Å²) in [4.78, 5) is 26.2. The zero-order valence-electron chi connectivity index (χ0n) is 18.9. The predicted octanol–water partition coefficient (Wildman–Crippen LogP) is 5.49. The Morgan fingerprint density at radius 2 is 1.52 bits per heavy atom. The second kappa shape index (κ2) is 9.89. The number of aliphatic hydroxyl groups excluding tert-OH is 1. The Labute approximate surface area is 198 Å². The molecule has 4 rings (SSSR count). The van der Waals surface area contributed by atoms with E-state index in [1.807, 2.05) is 68.4 Å². The van der Waals surface area contributed by atoms with Crippen LogP contribution in [0.1, 0.15) is 63.0 Å². The summed E-state index contributed by atoms with van der Waals surface area (Å²) in [5, 5.41) is 23.5. The molecule has 1 aliphatic carbocycles. The molecule has 33 heavy (non-hydrogen) atoms. The molecular weight excluding hydrogens is 434 g/mol. The van der Waals surface area contributed by atoms with E-state index in [1.165, 1.54) is 11.3 Å². The number of benzene rings is 2. The number of carboxylic acid groups (broad SMARTS) is 1. The number of carbonyl (C=O) groups excluding carboxylic acids is 1. The molecule has 1 saturated carbocycles. The van der Waals surface area contributed by atoms with Crippen LogP contribution in [-0.4, -0.2) is 28.1 Å². The summed E-state index contributed by atoms with van der Waals surface area (Å²) >= 11 is 1.51. The molecule has 1 aliphatic rings. The molecule has 1 unspecified atom stereocenters. The molecule has 2 aromatic carbocycles. The van der Waals surface area contributed by atoms with Crippen LogP contribution in [0.3, 0.4) is 0 Å². The molecule has 0 aliphatic heterocycles. The molecule has 1 atom stereocenters. The Hall–Kier alpha value is -2.96. The lowest BCUT2D eigenvalue weighted by Crippen LogP contribution is -2.39. The fourth-order valence-electron chi connectivity index (χ4n) is 4.71. The first-order valence-electron chi connectivity index (χ1n) is 11.3. The van der Waals surface area contributed by atoms with E-state index in [2.05, 4.69) is 5.32 Å². The Kier molecular flexibility index (Phi) is 6.96. The number of hydrogen-bond donors (Lipinski definition) is 3. The zero-order chi connectivity index (χ0) is 23.5. The molecule has 0 saturated heterocycles. The smallest absolute Gasteiger partial charge is 0.306 e. The Bertz CT molecular complexity index is 1130. The molecule has 0 spiro atoms. The molecular formula is C27H29NO4S. The lowest BCUT2D eigenvalue weighted by molar-refractivity contribution is -0.142. The number of carbonyl (C=O) groups is 2. The maximum atomic E-state index is 13.2. The van der Waals surface area contributed by atoms with Crippen LogP contribution in [0.2, 0.25) is 0 Å². The SMILES string of the molecule is Cc1sc(C)c(C(O)c2ccc(-c3ccccc3)cc2)c1C(=O)NC1CCC(C(=O)O)CC1. The fourth-order valence-corrected chi connectivity index (χ4v) is 5.80. The molecule has 172 valence electrons. The highest BCUT2D eigenvalue weighted by molar-refractivity contribution is 7.12. The molecule has 1 heterocycles. The minimum absolute atomic E-state index is 0.0390. The van der Waals surface area contributed by atoms with Crippen LogP contribution in [0.15, 0.2) is 54.6 Å². The maximum absolute atomic E-state index is 13.2. The van der Waals surface area contributed by atoms with Crippen molar-refractivity contribution in [2.45, 2.75) is 51.7 Å². The third kappa shape index (κ3) is 5.02. The molecule has 3 N–H and O–H groups in total. The van der Waals surface area contributed by atoms with Crippen LogP contribution in [-0.2, 0) is 4.79 Å².